The van der Waals surface area contributed by atoms with Gasteiger partial charge in [-0.05, 0) is 61.4 Å². The second-order valence-electron chi connectivity index (χ2n) is 11.7. The van der Waals surface area contributed by atoms with Crippen molar-refractivity contribution in [1.29, 1.82) is 0 Å². The molecular formula is C33H40N2O6. The summed E-state index contributed by atoms with van der Waals surface area (Å²) in [5, 5.41) is 11.5. The zero-order valence-corrected chi connectivity index (χ0v) is 24.0. The molecule has 3 saturated heterocycles. The molecule has 0 aliphatic carbocycles. The number of likely N-dealkylation sites (tertiary alicyclic amines) is 1. The number of ether oxygens (including phenoxy) is 2. The largest absolute Gasteiger partial charge is 0.465 e. The number of hydrogen-bond donors (Lipinski definition) is 1. The molecule has 0 saturated carbocycles. The van der Waals surface area contributed by atoms with Gasteiger partial charge in [0.05, 0.1) is 18.1 Å². The number of fused-ring (bicyclic) bond motifs is 2. The van der Waals surface area contributed by atoms with E-state index in [1.807, 2.05) is 56.3 Å². The number of esters is 1. The van der Waals surface area contributed by atoms with Crippen LogP contribution < -0.4 is 4.90 Å². The van der Waals surface area contributed by atoms with Crippen LogP contribution in [-0.4, -0.2) is 71.3 Å². The summed E-state index contributed by atoms with van der Waals surface area (Å²) >= 11 is 0. The van der Waals surface area contributed by atoms with Crippen LogP contribution in [0.1, 0.15) is 39.5 Å². The fraction of sp³-hybridized carbons (Fsp3) is 0.485. The van der Waals surface area contributed by atoms with E-state index in [9.17, 15) is 19.5 Å². The number of benzene rings is 2. The van der Waals surface area contributed by atoms with Crippen molar-refractivity contribution >= 4 is 34.2 Å². The number of aliphatic hydroxyl groups is 1. The molecule has 3 fully saturated rings. The molecule has 0 radical (unpaired) electrons. The molecule has 1 N–H and O–H groups in total. The zero-order valence-electron chi connectivity index (χ0n) is 24.0. The molecule has 8 heteroatoms. The monoisotopic (exact) mass is 560 g/mol. The highest BCUT2D eigenvalue weighted by molar-refractivity contribution is 6.05. The molecule has 5 rings (SSSR count). The number of unbranched alkanes of at least 4 members (excludes halogenated alkanes) is 1. The average Bonchev–Trinajstić information content (AvgIpc) is 3.47. The van der Waals surface area contributed by atoms with Crippen molar-refractivity contribution in [3.05, 3.63) is 67.8 Å². The Morgan fingerprint density at radius 3 is 2.63 bits per heavy atom. The Morgan fingerprint density at radius 2 is 1.93 bits per heavy atom. The third-order valence-corrected chi connectivity index (χ3v) is 9.30. The highest BCUT2D eigenvalue weighted by atomic mass is 16.6. The van der Waals surface area contributed by atoms with Crippen molar-refractivity contribution in [1.82, 2.24) is 4.90 Å². The Morgan fingerprint density at radius 1 is 1.17 bits per heavy atom. The third kappa shape index (κ3) is 4.67. The number of aliphatic hydroxyl groups excluding tert-OH is 1. The maximum atomic E-state index is 14.7. The van der Waals surface area contributed by atoms with Crippen molar-refractivity contribution in [2.24, 2.45) is 17.8 Å². The Kier molecular flexibility index (Phi) is 8.08. The molecule has 3 aliphatic rings. The molecule has 218 valence electrons. The van der Waals surface area contributed by atoms with E-state index in [1.165, 1.54) is 0 Å². The topological polar surface area (TPSA) is 96.4 Å². The van der Waals surface area contributed by atoms with E-state index in [1.54, 1.807) is 22.0 Å². The predicted molar refractivity (Wildman–Crippen MR) is 157 cm³/mol. The first-order valence-corrected chi connectivity index (χ1v) is 14.5. The second-order valence-corrected chi connectivity index (χ2v) is 11.7. The quantitative estimate of drug-likeness (QED) is 0.237. The van der Waals surface area contributed by atoms with Gasteiger partial charge in [-0.25, -0.2) is 0 Å². The highest BCUT2D eigenvalue weighted by Crippen LogP contribution is 2.65. The molecule has 8 nitrogen and oxygen atoms in total. The molecule has 2 aromatic carbocycles. The van der Waals surface area contributed by atoms with Gasteiger partial charge in [0.25, 0.3) is 5.91 Å². The fourth-order valence-corrected chi connectivity index (χ4v) is 7.29. The van der Waals surface area contributed by atoms with E-state index in [0.29, 0.717) is 31.4 Å². The molecule has 2 amide bonds. The summed E-state index contributed by atoms with van der Waals surface area (Å²) in [5.74, 6) is -2.73. The van der Waals surface area contributed by atoms with Crippen LogP contribution in [0.25, 0.3) is 10.8 Å². The SMILES string of the molecule is C=CCCOC(=O)[C@@H]1[C@H]2C(=O)N(CCCCO)C(C(=O)N(CC=C)c3ccc4ccccc4c3)C23CC(C)[C@@]1(C)O3. The van der Waals surface area contributed by atoms with Crippen molar-refractivity contribution in [2.45, 2.75) is 56.8 Å². The molecule has 2 aromatic rings. The van der Waals surface area contributed by atoms with Crippen LogP contribution in [0.4, 0.5) is 5.69 Å². The van der Waals surface area contributed by atoms with Crippen LogP contribution in [0, 0.1) is 17.8 Å². The summed E-state index contributed by atoms with van der Waals surface area (Å²) < 4.78 is 12.4. The van der Waals surface area contributed by atoms with Gasteiger partial charge >= 0.3 is 5.97 Å². The minimum Gasteiger partial charge on any atom is -0.465 e. The Labute approximate surface area is 241 Å². The summed E-state index contributed by atoms with van der Waals surface area (Å²) in [6, 6.07) is 12.9. The summed E-state index contributed by atoms with van der Waals surface area (Å²) in [6.45, 7) is 12.2. The van der Waals surface area contributed by atoms with Crippen LogP contribution in [0.3, 0.4) is 0 Å². The number of anilines is 1. The van der Waals surface area contributed by atoms with Gasteiger partial charge in [-0.3, -0.25) is 14.4 Å². The average molecular weight is 561 g/mol. The minimum absolute atomic E-state index is 0.0151. The lowest BCUT2D eigenvalue weighted by Crippen LogP contribution is -2.57. The molecule has 41 heavy (non-hydrogen) atoms. The molecule has 3 unspecified atom stereocenters. The van der Waals surface area contributed by atoms with Gasteiger partial charge in [0.1, 0.15) is 17.6 Å². The summed E-state index contributed by atoms with van der Waals surface area (Å²) in [6.07, 6.45) is 5.34. The number of carbonyl (C=O) groups excluding carboxylic acids is 3. The van der Waals surface area contributed by atoms with Gasteiger partial charge in [0.15, 0.2) is 0 Å². The molecule has 6 atom stereocenters. The normalized spacial score (nSPS) is 29.9. The maximum absolute atomic E-state index is 14.7. The lowest BCUT2D eigenvalue weighted by molar-refractivity contribution is -0.161. The van der Waals surface area contributed by atoms with E-state index in [-0.39, 0.29) is 44.0 Å². The van der Waals surface area contributed by atoms with Gasteiger partial charge in [-0.15, -0.1) is 13.2 Å². The smallest absolute Gasteiger partial charge is 0.312 e. The summed E-state index contributed by atoms with van der Waals surface area (Å²) in [7, 11) is 0. The molecular weight excluding hydrogens is 520 g/mol. The van der Waals surface area contributed by atoms with E-state index in [2.05, 4.69) is 13.2 Å². The number of hydrogen-bond acceptors (Lipinski definition) is 6. The maximum Gasteiger partial charge on any atom is 0.312 e. The molecule has 1 spiro atoms. The lowest BCUT2D eigenvalue weighted by Gasteiger charge is -2.37. The van der Waals surface area contributed by atoms with Crippen LogP contribution in [0.5, 0.6) is 0 Å². The lowest BCUT2D eigenvalue weighted by atomic mass is 9.62. The predicted octanol–water partition coefficient (Wildman–Crippen LogP) is 4.26. The third-order valence-electron chi connectivity index (χ3n) is 9.30. The first-order valence-electron chi connectivity index (χ1n) is 14.5. The summed E-state index contributed by atoms with van der Waals surface area (Å²) in [5.41, 5.74) is -1.41. The van der Waals surface area contributed by atoms with Gasteiger partial charge in [0, 0.05) is 25.4 Å². The molecule has 3 heterocycles. The van der Waals surface area contributed by atoms with Crippen LogP contribution in [0.15, 0.2) is 67.8 Å². The molecule has 3 aliphatic heterocycles. The van der Waals surface area contributed by atoms with E-state index in [0.717, 1.165) is 10.8 Å². The van der Waals surface area contributed by atoms with Crippen molar-refractivity contribution in [3.63, 3.8) is 0 Å². The van der Waals surface area contributed by atoms with Crippen LogP contribution in [0.2, 0.25) is 0 Å². The Bertz CT molecular complexity index is 1360. The van der Waals surface area contributed by atoms with E-state index in [4.69, 9.17) is 9.47 Å². The van der Waals surface area contributed by atoms with Crippen LogP contribution >= 0.6 is 0 Å². The highest BCUT2D eigenvalue weighted by Gasteiger charge is 2.80. The number of carbonyl (C=O) groups is 3. The number of nitrogens with zero attached hydrogens (tertiary/aromatic N) is 2. The standard InChI is InChI=1S/C33H40N2O6/c1-5-7-19-40-31(39)27-26-29(37)35(17-10-11-18-36)28(33(26)21-22(3)32(27,4)41-33)30(38)34(16-6-2)25-15-14-23-12-8-9-13-24(23)20-25/h5-6,8-9,12-15,20,22,26-28,36H,1-2,7,10-11,16-19,21H2,3-4H3/t22?,26-,27-,28?,32+,33?/m0/s1. The Balaban J connectivity index is 1.57. The number of amides is 2. The van der Waals surface area contributed by atoms with Crippen molar-refractivity contribution in [3.8, 4) is 0 Å². The first-order chi connectivity index (χ1) is 19.7. The fourth-order valence-electron chi connectivity index (χ4n) is 7.29. The van der Waals surface area contributed by atoms with E-state index < -0.39 is 35.0 Å². The first kappa shape index (κ1) is 29.0. The zero-order chi connectivity index (χ0) is 29.4. The Hall–Kier alpha value is -3.49. The second kappa shape index (κ2) is 11.4. The summed E-state index contributed by atoms with van der Waals surface area (Å²) in [4.78, 5) is 45.7. The van der Waals surface area contributed by atoms with Gasteiger partial charge in [0.2, 0.25) is 5.91 Å². The minimum atomic E-state index is -1.17. The van der Waals surface area contributed by atoms with Gasteiger partial charge in [-0.1, -0.05) is 49.4 Å². The van der Waals surface area contributed by atoms with E-state index >= 15 is 0 Å². The van der Waals surface area contributed by atoms with Gasteiger partial charge in [-0.2, -0.15) is 0 Å². The van der Waals surface area contributed by atoms with Crippen molar-refractivity contribution < 1.29 is 29.0 Å². The van der Waals surface area contributed by atoms with Crippen molar-refractivity contribution in [2.75, 3.05) is 31.2 Å². The molecule has 0 aromatic heterocycles. The number of rotatable bonds is 12. The molecule has 2 bridgehead atoms. The van der Waals surface area contributed by atoms with Gasteiger partial charge < -0.3 is 24.4 Å². The van der Waals surface area contributed by atoms with Crippen LogP contribution in [-0.2, 0) is 23.9 Å².